The minimum absolute atomic E-state index is 0.378. The molecule has 2 N–H and O–H groups in total. The zero-order valence-electron chi connectivity index (χ0n) is 7.78. The van der Waals surface area contributed by atoms with E-state index in [1.54, 1.807) is 0 Å². The molecule has 1 aliphatic carbocycles. The van der Waals surface area contributed by atoms with Crippen molar-refractivity contribution in [2.75, 3.05) is 13.3 Å². The highest BCUT2D eigenvalue weighted by molar-refractivity contribution is 4.79. The maximum absolute atomic E-state index is 11.9. The summed E-state index contributed by atoms with van der Waals surface area (Å²) in [6.45, 7) is 2.80. The van der Waals surface area contributed by atoms with Crippen molar-refractivity contribution in [2.24, 2.45) is 0 Å². The van der Waals surface area contributed by atoms with Crippen molar-refractivity contribution < 1.29 is 4.39 Å². The highest BCUT2D eigenvalue weighted by Gasteiger charge is 2.19. The molecule has 1 aliphatic rings. The molecule has 0 aromatic carbocycles. The lowest BCUT2D eigenvalue weighted by Crippen LogP contribution is -2.39. The number of alkyl halides is 1. The summed E-state index contributed by atoms with van der Waals surface area (Å²) in [5.74, 6) is 0. The van der Waals surface area contributed by atoms with Crippen molar-refractivity contribution in [3.8, 4) is 0 Å². The fourth-order valence-corrected chi connectivity index (χ4v) is 1.90. The highest BCUT2D eigenvalue weighted by atomic mass is 19.1. The molecule has 1 fully saturated rings. The van der Waals surface area contributed by atoms with Crippen LogP contribution in [-0.2, 0) is 0 Å². The minimum atomic E-state index is -0.378. The van der Waals surface area contributed by atoms with Gasteiger partial charge in [0.1, 0.15) is 6.80 Å². The third-order valence-corrected chi connectivity index (χ3v) is 2.59. The summed E-state index contributed by atoms with van der Waals surface area (Å²) in [7, 11) is 0. The Hall–Kier alpha value is -0.150. The van der Waals surface area contributed by atoms with Crippen LogP contribution in [0.25, 0.3) is 0 Å². The third-order valence-electron chi connectivity index (χ3n) is 2.59. The fraction of sp³-hybridized carbons (Fsp3) is 1.00. The van der Waals surface area contributed by atoms with E-state index in [-0.39, 0.29) is 6.80 Å². The van der Waals surface area contributed by atoms with Crippen LogP contribution in [0.4, 0.5) is 4.39 Å². The van der Waals surface area contributed by atoms with Gasteiger partial charge in [0.05, 0.1) is 0 Å². The predicted octanol–water partition coefficient (Wildman–Crippen LogP) is 1.42. The molecule has 1 rings (SSSR count). The van der Waals surface area contributed by atoms with E-state index in [4.69, 9.17) is 0 Å². The molecule has 0 amide bonds. The molecule has 0 aromatic heterocycles. The number of halogens is 1. The minimum Gasteiger partial charge on any atom is -0.314 e. The van der Waals surface area contributed by atoms with E-state index in [2.05, 4.69) is 17.6 Å². The van der Waals surface area contributed by atoms with E-state index < -0.39 is 0 Å². The van der Waals surface area contributed by atoms with Crippen LogP contribution in [0.2, 0.25) is 0 Å². The van der Waals surface area contributed by atoms with E-state index in [1.165, 1.54) is 12.8 Å². The molecule has 0 unspecified atom stereocenters. The first kappa shape index (κ1) is 9.93. The summed E-state index contributed by atoms with van der Waals surface area (Å²) in [4.78, 5) is 0. The second-order valence-corrected chi connectivity index (χ2v) is 3.44. The molecule has 12 heavy (non-hydrogen) atoms. The smallest absolute Gasteiger partial charge is 0.140 e. The second kappa shape index (κ2) is 5.49. The SMILES string of the molecule is CCNC1CCC(NCF)CC1. The Bertz CT molecular complexity index is 97.1. The quantitative estimate of drug-likeness (QED) is 0.630. The van der Waals surface area contributed by atoms with Gasteiger partial charge in [-0.05, 0) is 32.2 Å². The van der Waals surface area contributed by atoms with E-state index in [9.17, 15) is 4.39 Å². The first-order valence-corrected chi connectivity index (χ1v) is 4.89. The van der Waals surface area contributed by atoms with Gasteiger partial charge in [-0.15, -0.1) is 0 Å². The van der Waals surface area contributed by atoms with Crippen LogP contribution in [0, 0.1) is 0 Å². The van der Waals surface area contributed by atoms with Crippen LogP contribution in [0.3, 0.4) is 0 Å². The molecular weight excluding hydrogens is 155 g/mol. The molecule has 0 aliphatic heterocycles. The molecule has 0 aromatic rings. The number of nitrogens with one attached hydrogen (secondary N) is 2. The highest BCUT2D eigenvalue weighted by Crippen LogP contribution is 2.18. The Morgan fingerprint density at radius 3 is 2.00 bits per heavy atom. The lowest BCUT2D eigenvalue weighted by molar-refractivity contribution is 0.280. The van der Waals surface area contributed by atoms with Gasteiger partial charge in [0, 0.05) is 12.1 Å². The summed E-state index contributed by atoms with van der Waals surface area (Å²) in [6.07, 6.45) is 4.60. The van der Waals surface area contributed by atoms with Crippen molar-refractivity contribution >= 4 is 0 Å². The molecule has 0 heterocycles. The number of rotatable bonds is 4. The zero-order valence-corrected chi connectivity index (χ0v) is 7.78. The maximum atomic E-state index is 11.9. The topological polar surface area (TPSA) is 24.1 Å². The Morgan fingerprint density at radius 2 is 1.58 bits per heavy atom. The van der Waals surface area contributed by atoms with Crippen LogP contribution in [0.15, 0.2) is 0 Å². The largest absolute Gasteiger partial charge is 0.314 e. The van der Waals surface area contributed by atoms with E-state index in [0.29, 0.717) is 12.1 Å². The first-order chi connectivity index (χ1) is 5.86. The fourth-order valence-electron chi connectivity index (χ4n) is 1.90. The summed E-state index contributed by atoms with van der Waals surface area (Å²) >= 11 is 0. The van der Waals surface area contributed by atoms with Crippen molar-refractivity contribution in [1.82, 2.24) is 10.6 Å². The molecule has 72 valence electrons. The van der Waals surface area contributed by atoms with Gasteiger partial charge in [-0.1, -0.05) is 6.92 Å². The lowest BCUT2D eigenvalue weighted by atomic mass is 9.91. The normalized spacial score (nSPS) is 30.5. The molecule has 0 bridgehead atoms. The van der Waals surface area contributed by atoms with Gasteiger partial charge in [0.25, 0.3) is 0 Å². The maximum Gasteiger partial charge on any atom is 0.140 e. The lowest BCUT2D eigenvalue weighted by Gasteiger charge is -2.28. The predicted molar refractivity (Wildman–Crippen MR) is 48.8 cm³/mol. The summed E-state index contributed by atoms with van der Waals surface area (Å²) < 4.78 is 11.9. The average molecular weight is 174 g/mol. The Morgan fingerprint density at radius 1 is 1.08 bits per heavy atom. The van der Waals surface area contributed by atoms with E-state index in [0.717, 1.165) is 19.4 Å². The Kier molecular flexibility index (Phi) is 4.54. The van der Waals surface area contributed by atoms with Crippen molar-refractivity contribution in [2.45, 2.75) is 44.7 Å². The molecular formula is C9H19FN2. The zero-order chi connectivity index (χ0) is 8.81. The number of hydrogen-bond acceptors (Lipinski definition) is 2. The van der Waals surface area contributed by atoms with Crippen molar-refractivity contribution in [3.05, 3.63) is 0 Å². The van der Waals surface area contributed by atoms with Crippen LogP contribution in [0.1, 0.15) is 32.6 Å². The summed E-state index contributed by atoms with van der Waals surface area (Å²) in [6, 6.07) is 1.09. The van der Waals surface area contributed by atoms with Gasteiger partial charge in [0.2, 0.25) is 0 Å². The summed E-state index contributed by atoms with van der Waals surface area (Å²) in [5.41, 5.74) is 0. The van der Waals surface area contributed by atoms with E-state index >= 15 is 0 Å². The van der Waals surface area contributed by atoms with Gasteiger partial charge in [-0.2, -0.15) is 0 Å². The van der Waals surface area contributed by atoms with Gasteiger partial charge in [-0.25, -0.2) is 4.39 Å². The van der Waals surface area contributed by atoms with Crippen LogP contribution in [0.5, 0.6) is 0 Å². The van der Waals surface area contributed by atoms with Gasteiger partial charge >= 0.3 is 0 Å². The van der Waals surface area contributed by atoms with Crippen molar-refractivity contribution in [3.63, 3.8) is 0 Å². The molecule has 2 nitrogen and oxygen atoms in total. The molecule has 0 radical (unpaired) electrons. The Balaban J connectivity index is 2.11. The second-order valence-electron chi connectivity index (χ2n) is 3.44. The standard InChI is InChI=1S/C9H19FN2/c1-2-11-8-3-5-9(6-4-8)12-7-10/h8-9,11-12H,2-7H2,1H3. The Labute approximate surface area is 73.9 Å². The molecule has 0 spiro atoms. The number of hydrogen-bond donors (Lipinski definition) is 2. The van der Waals surface area contributed by atoms with E-state index in [1.807, 2.05) is 0 Å². The molecule has 0 atom stereocenters. The van der Waals surface area contributed by atoms with Crippen LogP contribution >= 0.6 is 0 Å². The average Bonchev–Trinajstić information content (AvgIpc) is 2.09. The van der Waals surface area contributed by atoms with Gasteiger partial charge in [-0.3, -0.25) is 5.32 Å². The van der Waals surface area contributed by atoms with Crippen LogP contribution in [-0.4, -0.2) is 25.4 Å². The monoisotopic (exact) mass is 174 g/mol. The van der Waals surface area contributed by atoms with Gasteiger partial charge < -0.3 is 5.32 Å². The van der Waals surface area contributed by atoms with Crippen LogP contribution < -0.4 is 10.6 Å². The van der Waals surface area contributed by atoms with Crippen molar-refractivity contribution in [1.29, 1.82) is 0 Å². The first-order valence-electron chi connectivity index (χ1n) is 4.89. The molecule has 1 saturated carbocycles. The third kappa shape index (κ3) is 3.07. The molecule has 0 saturated heterocycles. The van der Waals surface area contributed by atoms with Gasteiger partial charge in [0.15, 0.2) is 0 Å². The molecule has 3 heteroatoms. The summed E-state index contributed by atoms with van der Waals surface area (Å²) in [5, 5.41) is 6.28.